The minimum atomic E-state index is 0.000486. The zero-order valence-corrected chi connectivity index (χ0v) is 11.0. The van der Waals surface area contributed by atoms with E-state index in [-0.39, 0.29) is 17.9 Å². The maximum Gasteiger partial charge on any atom is 0.230 e. The van der Waals surface area contributed by atoms with Crippen molar-refractivity contribution in [1.82, 2.24) is 4.90 Å². The molecule has 1 fully saturated rings. The van der Waals surface area contributed by atoms with Gasteiger partial charge in [0, 0.05) is 19.1 Å². The van der Waals surface area contributed by atoms with Crippen molar-refractivity contribution in [3.05, 3.63) is 35.9 Å². The van der Waals surface area contributed by atoms with Crippen LogP contribution in [-0.4, -0.2) is 29.9 Å². The summed E-state index contributed by atoms with van der Waals surface area (Å²) in [6, 6.07) is 10.3. The van der Waals surface area contributed by atoms with Gasteiger partial charge in [0.2, 0.25) is 5.91 Å². The molecule has 1 aliphatic rings. The fourth-order valence-electron chi connectivity index (χ4n) is 2.58. The minimum absolute atomic E-state index is 0.000486. The molecular formula is C15H22N2O. The summed E-state index contributed by atoms with van der Waals surface area (Å²) in [5.74, 6) is 0.260. The number of carbonyl (C=O) groups is 1. The molecule has 0 radical (unpaired) electrons. The Balaban J connectivity index is 2.06. The Bertz CT molecular complexity index is 383. The number of likely N-dealkylation sites (tertiary alicyclic amines) is 1. The number of piperidine rings is 1. The standard InChI is InChI=1S/C15H22N2O/c1-2-14(12-6-4-3-5-7-12)15(18)17-10-8-13(16)9-11-17/h3-7,13-14H,2,8-11,16H2,1H3/t14-/m0/s1. The number of rotatable bonds is 3. The van der Waals surface area contributed by atoms with Crippen LogP contribution in [0, 0.1) is 0 Å². The molecule has 0 saturated carbocycles. The monoisotopic (exact) mass is 246 g/mol. The molecule has 0 bridgehead atoms. The summed E-state index contributed by atoms with van der Waals surface area (Å²) >= 11 is 0. The molecule has 1 aromatic carbocycles. The quantitative estimate of drug-likeness (QED) is 0.888. The SMILES string of the molecule is CC[C@H](C(=O)N1CCC(N)CC1)c1ccccc1. The largest absolute Gasteiger partial charge is 0.342 e. The highest BCUT2D eigenvalue weighted by atomic mass is 16.2. The zero-order chi connectivity index (χ0) is 13.0. The first-order valence-corrected chi connectivity index (χ1v) is 6.81. The molecule has 1 aromatic rings. The van der Waals surface area contributed by atoms with Gasteiger partial charge in [-0.25, -0.2) is 0 Å². The molecule has 1 aliphatic heterocycles. The van der Waals surface area contributed by atoms with Crippen molar-refractivity contribution in [2.45, 2.75) is 38.1 Å². The Hall–Kier alpha value is -1.35. The van der Waals surface area contributed by atoms with Crippen LogP contribution in [0.1, 0.15) is 37.7 Å². The van der Waals surface area contributed by atoms with Crippen LogP contribution in [0.4, 0.5) is 0 Å². The Morgan fingerprint density at radius 2 is 1.94 bits per heavy atom. The average Bonchev–Trinajstić information content (AvgIpc) is 2.41. The second-order valence-corrected chi connectivity index (χ2v) is 5.03. The van der Waals surface area contributed by atoms with E-state index in [1.54, 1.807) is 0 Å². The number of hydrogen-bond acceptors (Lipinski definition) is 2. The van der Waals surface area contributed by atoms with E-state index in [1.165, 1.54) is 0 Å². The molecule has 3 heteroatoms. The van der Waals surface area contributed by atoms with E-state index >= 15 is 0 Å². The summed E-state index contributed by atoms with van der Waals surface area (Å²) < 4.78 is 0. The lowest BCUT2D eigenvalue weighted by Crippen LogP contribution is -2.44. The van der Waals surface area contributed by atoms with E-state index in [4.69, 9.17) is 5.73 Å². The molecule has 2 N–H and O–H groups in total. The minimum Gasteiger partial charge on any atom is -0.342 e. The van der Waals surface area contributed by atoms with Gasteiger partial charge in [-0.2, -0.15) is 0 Å². The van der Waals surface area contributed by atoms with Crippen molar-refractivity contribution in [2.24, 2.45) is 5.73 Å². The van der Waals surface area contributed by atoms with Crippen LogP contribution in [0.5, 0.6) is 0 Å². The van der Waals surface area contributed by atoms with Gasteiger partial charge in [0.05, 0.1) is 5.92 Å². The summed E-state index contributed by atoms with van der Waals surface area (Å²) in [4.78, 5) is 14.5. The maximum absolute atomic E-state index is 12.5. The van der Waals surface area contributed by atoms with E-state index in [2.05, 4.69) is 6.92 Å². The van der Waals surface area contributed by atoms with E-state index in [0.29, 0.717) is 0 Å². The normalized spacial score (nSPS) is 18.7. The van der Waals surface area contributed by atoms with Gasteiger partial charge in [-0.1, -0.05) is 37.3 Å². The number of nitrogens with two attached hydrogens (primary N) is 1. The predicted molar refractivity (Wildman–Crippen MR) is 73.3 cm³/mol. The Morgan fingerprint density at radius 3 is 2.50 bits per heavy atom. The topological polar surface area (TPSA) is 46.3 Å². The Labute approximate surface area is 109 Å². The highest BCUT2D eigenvalue weighted by Crippen LogP contribution is 2.23. The van der Waals surface area contributed by atoms with E-state index in [1.807, 2.05) is 35.2 Å². The fraction of sp³-hybridized carbons (Fsp3) is 0.533. The van der Waals surface area contributed by atoms with Crippen molar-refractivity contribution in [1.29, 1.82) is 0 Å². The zero-order valence-electron chi connectivity index (χ0n) is 11.0. The van der Waals surface area contributed by atoms with Crippen molar-refractivity contribution in [3.63, 3.8) is 0 Å². The lowest BCUT2D eigenvalue weighted by Gasteiger charge is -2.32. The molecule has 0 aromatic heterocycles. The summed E-state index contributed by atoms with van der Waals surface area (Å²) in [7, 11) is 0. The van der Waals surface area contributed by atoms with E-state index in [9.17, 15) is 4.79 Å². The molecule has 2 rings (SSSR count). The first kappa shape index (κ1) is 13.1. The Morgan fingerprint density at radius 1 is 1.33 bits per heavy atom. The van der Waals surface area contributed by atoms with Gasteiger partial charge < -0.3 is 10.6 Å². The molecule has 1 amide bonds. The average molecular weight is 246 g/mol. The second-order valence-electron chi connectivity index (χ2n) is 5.03. The summed E-state index contributed by atoms with van der Waals surface area (Å²) in [6.45, 7) is 3.69. The number of hydrogen-bond donors (Lipinski definition) is 1. The number of carbonyl (C=O) groups excluding carboxylic acids is 1. The molecule has 3 nitrogen and oxygen atoms in total. The molecule has 18 heavy (non-hydrogen) atoms. The molecule has 0 aliphatic carbocycles. The van der Waals surface area contributed by atoms with Crippen LogP contribution in [0.3, 0.4) is 0 Å². The van der Waals surface area contributed by atoms with Gasteiger partial charge in [0.15, 0.2) is 0 Å². The van der Waals surface area contributed by atoms with Gasteiger partial charge in [-0.05, 0) is 24.8 Å². The maximum atomic E-state index is 12.5. The first-order valence-electron chi connectivity index (χ1n) is 6.81. The predicted octanol–water partition coefficient (Wildman–Crippen LogP) is 2.13. The van der Waals surface area contributed by atoms with Crippen LogP contribution < -0.4 is 5.73 Å². The highest BCUT2D eigenvalue weighted by molar-refractivity contribution is 5.83. The van der Waals surface area contributed by atoms with Crippen molar-refractivity contribution >= 4 is 5.91 Å². The van der Waals surface area contributed by atoms with Crippen molar-refractivity contribution in [3.8, 4) is 0 Å². The molecule has 98 valence electrons. The highest BCUT2D eigenvalue weighted by Gasteiger charge is 2.26. The number of amides is 1. The van der Waals surface area contributed by atoms with Gasteiger partial charge in [-0.3, -0.25) is 4.79 Å². The molecule has 1 saturated heterocycles. The molecule has 0 unspecified atom stereocenters. The van der Waals surface area contributed by atoms with Gasteiger partial charge >= 0.3 is 0 Å². The van der Waals surface area contributed by atoms with Crippen molar-refractivity contribution in [2.75, 3.05) is 13.1 Å². The van der Waals surface area contributed by atoms with E-state index in [0.717, 1.165) is 37.9 Å². The fourth-order valence-corrected chi connectivity index (χ4v) is 2.58. The first-order chi connectivity index (χ1) is 8.72. The smallest absolute Gasteiger partial charge is 0.230 e. The van der Waals surface area contributed by atoms with Gasteiger partial charge in [-0.15, -0.1) is 0 Å². The summed E-state index contributed by atoms with van der Waals surface area (Å²) in [5, 5.41) is 0. The van der Waals surface area contributed by atoms with E-state index < -0.39 is 0 Å². The second kappa shape index (κ2) is 6.01. The molecular weight excluding hydrogens is 224 g/mol. The van der Waals surface area contributed by atoms with Crippen LogP contribution in [0.25, 0.3) is 0 Å². The molecule has 1 heterocycles. The molecule has 1 atom stereocenters. The third-order valence-corrected chi connectivity index (χ3v) is 3.76. The lowest BCUT2D eigenvalue weighted by molar-refractivity contribution is -0.133. The van der Waals surface area contributed by atoms with Crippen LogP contribution >= 0.6 is 0 Å². The third kappa shape index (κ3) is 2.91. The van der Waals surface area contributed by atoms with Crippen LogP contribution in [0.2, 0.25) is 0 Å². The van der Waals surface area contributed by atoms with Crippen LogP contribution in [0.15, 0.2) is 30.3 Å². The number of nitrogens with zero attached hydrogens (tertiary/aromatic N) is 1. The third-order valence-electron chi connectivity index (χ3n) is 3.76. The Kier molecular flexibility index (Phi) is 4.37. The lowest BCUT2D eigenvalue weighted by atomic mass is 9.94. The van der Waals surface area contributed by atoms with Crippen molar-refractivity contribution < 1.29 is 4.79 Å². The number of benzene rings is 1. The summed E-state index contributed by atoms with van der Waals surface area (Å²) in [6.07, 6.45) is 2.71. The van der Waals surface area contributed by atoms with Gasteiger partial charge in [0.1, 0.15) is 0 Å². The van der Waals surface area contributed by atoms with Gasteiger partial charge in [0.25, 0.3) is 0 Å². The summed E-state index contributed by atoms with van der Waals surface area (Å²) in [5.41, 5.74) is 7.00. The van der Waals surface area contributed by atoms with Crippen LogP contribution in [-0.2, 0) is 4.79 Å². The molecule has 0 spiro atoms.